The number of ether oxygens (including phenoxy) is 1. The molecule has 96 valence electrons. The minimum atomic E-state index is 0.259. The van der Waals surface area contributed by atoms with Crippen LogP contribution < -0.4 is 10.1 Å². The van der Waals surface area contributed by atoms with Crippen LogP contribution >= 0.6 is 0 Å². The summed E-state index contributed by atoms with van der Waals surface area (Å²) in [4.78, 5) is 4.29. The molecule has 2 rings (SSSR count). The first kappa shape index (κ1) is 12.4. The monoisotopic (exact) mass is 238 g/mol. The van der Waals surface area contributed by atoms with E-state index in [1.54, 1.807) is 6.26 Å². The van der Waals surface area contributed by atoms with Crippen molar-refractivity contribution in [3.05, 3.63) is 12.0 Å². The third-order valence-corrected chi connectivity index (χ3v) is 3.29. The van der Waals surface area contributed by atoms with Crippen LogP contribution in [0.3, 0.4) is 0 Å². The highest BCUT2D eigenvalue weighted by Gasteiger charge is 2.26. The zero-order valence-electron chi connectivity index (χ0n) is 10.9. The molecule has 0 saturated heterocycles. The lowest BCUT2D eigenvalue weighted by Gasteiger charge is -2.30. The zero-order valence-corrected chi connectivity index (χ0v) is 10.9. The molecule has 1 N–H and O–H groups in total. The van der Waals surface area contributed by atoms with Gasteiger partial charge in [-0.1, -0.05) is 13.8 Å². The van der Waals surface area contributed by atoms with Crippen molar-refractivity contribution in [1.29, 1.82) is 0 Å². The number of oxazole rings is 1. The van der Waals surface area contributed by atoms with Gasteiger partial charge in [0.05, 0.1) is 5.69 Å². The van der Waals surface area contributed by atoms with E-state index in [2.05, 4.69) is 24.1 Å². The summed E-state index contributed by atoms with van der Waals surface area (Å²) in [6, 6.07) is 0. The predicted octanol–water partition coefficient (Wildman–Crippen LogP) is 2.60. The fourth-order valence-electron chi connectivity index (χ4n) is 2.72. The Labute approximate surface area is 103 Å². The van der Waals surface area contributed by atoms with Gasteiger partial charge in [-0.25, -0.2) is 0 Å². The highest BCUT2D eigenvalue weighted by atomic mass is 16.6. The summed E-state index contributed by atoms with van der Waals surface area (Å²) in [6.07, 6.45) is 5.84. The Kier molecular flexibility index (Phi) is 4.05. The Balaban J connectivity index is 1.90. The normalized spacial score (nSPS) is 29.2. The molecule has 0 aromatic carbocycles. The smallest absolute Gasteiger partial charge is 0.394 e. The summed E-state index contributed by atoms with van der Waals surface area (Å²) in [6.45, 7) is 5.28. The molecular formula is C13H22N2O2. The second-order valence-corrected chi connectivity index (χ2v) is 5.29. The standard InChI is InChI=1S/C13H22N2O2/c1-9-4-10(2)6-12(5-9)17-13-15-11(7-14-3)8-16-13/h8-10,12,14H,4-7H2,1-3H3. The lowest BCUT2D eigenvalue weighted by Crippen LogP contribution is -2.28. The van der Waals surface area contributed by atoms with Crippen molar-refractivity contribution in [1.82, 2.24) is 10.3 Å². The van der Waals surface area contributed by atoms with Gasteiger partial charge in [-0.05, 0) is 38.1 Å². The molecule has 1 aliphatic carbocycles. The molecular weight excluding hydrogens is 216 g/mol. The van der Waals surface area contributed by atoms with Gasteiger partial charge in [0.15, 0.2) is 0 Å². The van der Waals surface area contributed by atoms with Crippen molar-refractivity contribution in [3.8, 4) is 6.08 Å². The van der Waals surface area contributed by atoms with E-state index >= 15 is 0 Å². The van der Waals surface area contributed by atoms with Crippen LogP contribution in [0.1, 0.15) is 38.8 Å². The Bertz CT molecular complexity index is 341. The molecule has 2 atom stereocenters. The molecule has 0 amide bonds. The molecule has 2 unspecified atom stereocenters. The number of nitrogens with zero attached hydrogens (tertiary/aromatic N) is 1. The lowest BCUT2D eigenvalue weighted by molar-refractivity contribution is 0.0724. The summed E-state index contributed by atoms with van der Waals surface area (Å²) >= 11 is 0. The highest BCUT2D eigenvalue weighted by molar-refractivity contribution is 5.00. The summed E-state index contributed by atoms with van der Waals surface area (Å²) in [5, 5.41) is 3.04. The van der Waals surface area contributed by atoms with Crippen LogP contribution in [0.2, 0.25) is 0 Å². The van der Waals surface area contributed by atoms with Crippen LogP contribution in [-0.2, 0) is 6.54 Å². The number of nitrogens with one attached hydrogen (secondary N) is 1. The molecule has 17 heavy (non-hydrogen) atoms. The van der Waals surface area contributed by atoms with Crippen molar-refractivity contribution < 1.29 is 9.15 Å². The minimum Gasteiger partial charge on any atom is -0.447 e. The highest BCUT2D eigenvalue weighted by Crippen LogP contribution is 2.31. The van der Waals surface area contributed by atoms with Crippen LogP contribution in [0.5, 0.6) is 6.08 Å². The van der Waals surface area contributed by atoms with E-state index in [0.29, 0.717) is 12.6 Å². The predicted molar refractivity (Wildman–Crippen MR) is 65.9 cm³/mol. The molecule has 0 spiro atoms. The van der Waals surface area contributed by atoms with E-state index in [1.165, 1.54) is 6.42 Å². The molecule has 1 aromatic rings. The van der Waals surface area contributed by atoms with Crippen LogP contribution in [0, 0.1) is 11.8 Å². The molecule has 0 bridgehead atoms. The third kappa shape index (κ3) is 3.46. The average Bonchev–Trinajstić information content (AvgIpc) is 2.64. The summed E-state index contributed by atoms with van der Waals surface area (Å²) < 4.78 is 11.1. The molecule has 0 aliphatic heterocycles. The van der Waals surface area contributed by atoms with E-state index in [-0.39, 0.29) is 6.10 Å². The molecule has 1 heterocycles. The van der Waals surface area contributed by atoms with Gasteiger partial charge < -0.3 is 14.5 Å². The minimum absolute atomic E-state index is 0.259. The number of hydrogen-bond acceptors (Lipinski definition) is 4. The van der Waals surface area contributed by atoms with E-state index in [4.69, 9.17) is 9.15 Å². The second-order valence-electron chi connectivity index (χ2n) is 5.29. The molecule has 1 aliphatic rings. The Hall–Kier alpha value is -1.03. The SMILES string of the molecule is CNCc1coc(OC2CC(C)CC(C)C2)n1. The Morgan fingerprint density at radius 2 is 2.06 bits per heavy atom. The maximum absolute atomic E-state index is 5.82. The quantitative estimate of drug-likeness (QED) is 0.876. The fraction of sp³-hybridized carbons (Fsp3) is 0.769. The molecule has 4 heteroatoms. The van der Waals surface area contributed by atoms with Crippen molar-refractivity contribution in [2.24, 2.45) is 11.8 Å². The molecule has 1 saturated carbocycles. The largest absolute Gasteiger partial charge is 0.447 e. The maximum Gasteiger partial charge on any atom is 0.394 e. The van der Waals surface area contributed by atoms with E-state index in [1.807, 2.05) is 7.05 Å². The Morgan fingerprint density at radius 1 is 1.35 bits per heavy atom. The van der Waals surface area contributed by atoms with Crippen LogP contribution in [0.25, 0.3) is 0 Å². The van der Waals surface area contributed by atoms with Gasteiger partial charge in [-0.2, -0.15) is 4.98 Å². The van der Waals surface area contributed by atoms with Crippen LogP contribution in [0.15, 0.2) is 10.7 Å². The van der Waals surface area contributed by atoms with Crippen molar-refractivity contribution >= 4 is 0 Å². The van der Waals surface area contributed by atoms with E-state index in [0.717, 1.165) is 30.4 Å². The van der Waals surface area contributed by atoms with Gasteiger partial charge in [0.25, 0.3) is 0 Å². The fourth-order valence-corrected chi connectivity index (χ4v) is 2.72. The van der Waals surface area contributed by atoms with Gasteiger partial charge >= 0.3 is 6.08 Å². The van der Waals surface area contributed by atoms with Gasteiger partial charge in [0.1, 0.15) is 12.4 Å². The lowest BCUT2D eigenvalue weighted by atomic mass is 9.82. The first-order chi connectivity index (χ1) is 8.17. The topological polar surface area (TPSA) is 47.3 Å². The summed E-state index contributed by atoms with van der Waals surface area (Å²) in [7, 11) is 1.89. The van der Waals surface area contributed by atoms with Gasteiger partial charge in [-0.3, -0.25) is 0 Å². The first-order valence-corrected chi connectivity index (χ1v) is 6.43. The first-order valence-electron chi connectivity index (χ1n) is 6.43. The van der Waals surface area contributed by atoms with Crippen LogP contribution in [-0.4, -0.2) is 18.1 Å². The van der Waals surface area contributed by atoms with Gasteiger partial charge in [-0.15, -0.1) is 0 Å². The Morgan fingerprint density at radius 3 is 2.71 bits per heavy atom. The van der Waals surface area contributed by atoms with Crippen molar-refractivity contribution in [2.45, 2.75) is 45.8 Å². The second kappa shape index (κ2) is 5.54. The summed E-state index contributed by atoms with van der Waals surface area (Å²) in [5.74, 6) is 1.46. The number of hydrogen-bond donors (Lipinski definition) is 1. The average molecular weight is 238 g/mol. The van der Waals surface area contributed by atoms with E-state index < -0.39 is 0 Å². The number of aromatic nitrogens is 1. The molecule has 1 fully saturated rings. The van der Waals surface area contributed by atoms with Crippen molar-refractivity contribution in [2.75, 3.05) is 7.05 Å². The third-order valence-electron chi connectivity index (χ3n) is 3.29. The molecule has 4 nitrogen and oxygen atoms in total. The van der Waals surface area contributed by atoms with Crippen molar-refractivity contribution in [3.63, 3.8) is 0 Å². The van der Waals surface area contributed by atoms with E-state index in [9.17, 15) is 0 Å². The maximum atomic E-state index is 5.82. The number of rotatable bonds is 4. The van der Waals surface area contributed by atoms with Gasteiger partial charge in [0, 0.05) is 6.54 Å². The zero-order chi connectivity index (χ0) is 12.3. The summed E-state index contributed by atoms with van der Waals surface area (Å²) in [5.41, 5.74) is 0.888. The molecule has 1 aromatic heterocycles. The van der Waals surface area contributed by atoms with Gasteiger partial charge in [0.2, 0.25) is 0 Å². The molecule has 0 radical (unpaired) electrons. The van der Waals surface area contributed by atoms with Crippen LogP contribution in [0.4, 0.5) is 0 Å².